The molecule has 1 aromatic carbocycles. The van der Waals surface area contributed by atoms with Crippen LogP contribution in [0.4, 0.5) is 0 Å². The van der Waals surface area contributed by atoms with E-state index in [4.69, 9.17) is 18.0 Å². The largest absolute Gasteiger partial charge is 0.392 e. The lowest BCUT2D eigenvalue weighted by Gasteiger charge is -2.26. The van der Waals surface area contributed by atoms with E-state index in [0.29, 0.717) is 4.99 Å². The van der Waals surface area contributed by atoms with E-state index in [1.807, 2.05) is 19.2 Å². The Kier molecular flexibility index (Phi) is 5.38. The molecular weight excluding hydrogens is 284 g/mol. The Morgan fingerprint density at radius 3 is 2.75 bits per heavy atom. The average molecular weight is 301 g/mol. The van der Waals surface area contributed by atoms with Crippen molar-refractivity contribution in [1.82, 2.24) is 4.90 Å². The number of hydrogen-bond acceptors (Lipinski definition) is 2. The van der Waals surface area contributed by atoms with Crippen LogP contribution in [0.3, 0.4) is 0 Å². The van der Waals surface area contributed by atoms with Gasteiger partial charge in [0.05, 0.1) is 11.0 Å². The summed E-state index contributed by atoms with van der Waals surface area (Å²) in [4.78, 5) is 2.75. The molecule has 88 valence electrons. The summed E-state index contributed by atoms with van der Waals surface area (Å²) in [7, 11) is 2.05. The predicted octanol–water partition coefficient (Wildman–Crippen LogP) is 2.95. The van der Waals surface area contributed by atoms with Gasteiger partial charge in [-0.25, -0.2) is 0 Å². The van der Waals surface area contributed by atoms with Gasteiger partial charge in [0.1, 0.15) is 0 Å². The van der Waals surface area contributed by atoms with Crippen molar-refractivity contribution in [2.24, 2.45) is 5.73 Å². The fourth-order valence-electron chi connectivity index (χ4n) is 1.76. The Morgan fingerprint density at radius 1 is 1.56 bits per heavy atom. The zero-order valence-corrected chi connectivity index (χ0v) is 12.0. The van der Waals surface area contributed by atoms with Gasteiger partial charge in [-0.05, 0) is 31.2 Å². The first-order valence-corrected chi connectivity index (χ1v) is 6.48. The molecule has 0 saturated carbocycles. The number of nitrogens with zero attached hydrogens (tertiary/aromatic N) is 1. The monoisotopic (exact) mass is 300 g/mol. The summed E-state index contributed by atoms with van der Waals surface area (Å²) < 4.78 is 1.10. The quantitative estimate of drug-likeness (QED) is 0.848. The Balaban J connectivity index is 2.69. The minimum absolute atomic E-state index is 0.175. The highest BCUT2D eigenvalue weighted by atomic mass is 79.9. The molecule has 0 aliphatic carbocycles. The van der Waals surface area contributed by atoms with Gasteiger partial charge in [0.15, 0.2) is 0 Å². The van der Waals surface area contributed by atoms with E-state index in [-0.39, 0.29) is 6.04 Å². The highest BCUT2D eigenvalue weighted by Gasteiger charge is 2.15. The highest BCUT2D eigenvalue weighted by Crippen LogP contribution is 2.14. The molecule has 0 spiro atoms. The van der Waals surface area contributed by atoms with Crippen LogP contribution >= 0.6 is 28.1 Å². The third-order valence-corrected chi connectivity index (χ3v) is 3.33. The second-order valence-corrected chi connectivity index (χ2v) is 5.26. The van der Waals surface area contributed by atoms with Crippen LogP contribution in [-0.2, 0) is 6.54 Å². The Morgan fingerprint density at radius 2 is 2.25 bits per heavy atom. The fourth-order valence-corrected chi connectivity index (χ4v) is 2.56. The maximum atomic E-state index is 5.71. The number of nitrogens with two attached hydrogens (primary N) is 1. The van der Waals surface area contributed by atoms with Crippen molar-refractivity contribution in [2.75, 3.05) is 7.05 Å². The van der Waals surface area contributed by atoms with Crippen LogP contribution in [0, 0.1) is 0 Å². The van der Waals surface area contributed by atoms with Crippen molar-refractivity contribution in [2.45, 2.75) is 25.9 Å². The summed E-state index contributed by atoms with van der Waals surface area (Å²) >= 11 is 8.53. The standard InChI is InChI=1S/C12H17BrN2S/c1-3-11(12(14)16)15(2)8-9-5-4-6-10(13)7-9/h4-7,11H,3,8H2,1-2H3,(H2,14,16). The molecule has 0 heterocycles. The zero-order valence-electron chi connectivity index (χ0n) is 9.61. The molecule has 0 bridgehead atoms. The van der Waals surface area contributed by atoms with Gasteiger partial charge in [-0.2, -0.15) is 0 Å². The number of likely N-dealkylation sites (N-methyl/N-ethyl adjacent to an activating group) is 1. The minimum atomic E-state index is 0.175. The second-order valence-electron chi connectivity index (χ2n) is 3.87. The third kappa shape index (κ3) is 3.85. The molecule has 0 radical (unpaired) electrons. The first kappa shape index (κ1) is 13.6. The minimum Gasteiger partial charge on any atom is -0.392 e. The Bertz CT molecular complexity index is 368. The molecule has 0 amide bonds. The molecule has 0 aromatic heterocycles. The van der Waals surface area contributed by atoms with Crippen molar-refractivity contribution >= 4 is 33.1 Å². The highest BCUT2D eigenvalue weighted by molar-refractivity contribution is 9.10. The van der Waals surface area contributed by atoms with Crippen molar-refractivity contribution in [3.8, 4) is 0 Å². The Labute approximate surface area is 111 Å². The summed E-state index contributed by atoms with van der Waals surface area (Å²) in [6.07, 6.45) is 0.944. The normalized spacial score (nSPS) is 12.8. The first-order chi connectivity index (χ1) is 7.54. The van der Waals surface area contributed by atoms with E-state index in [9.17, 15) is 0 Å². The topological polar surface area (TPSA) is 29.3 Å². The SMILES string of the molecule is CCC(C(N)=S)N(C)Cc1cccc(Br)c1. The maximum Gasteiger partial charge on any atom is 0.0901 e. The second kappa shape index (κ2) is 6.33. The van der Waals surface area contributed by atoms with Crippen LogP contribution in [0.15, 0.2) is 28.7 Å². The van der Waals surface area contributed by atoms with E-state index >= 15 is 0 Å². The van der Waals surface area contributed by atoms with Crippen LogP contribution in [0.5, 0.6) is 0 Å². The summed E-state index contributed by atoms with van der Waals surface area (Å²) in [6, 6.07) is 8.45. The number of thiocarbonyl (C=S) groups is 1. The van der Waals surface area contributed by atoms with Crippen molar-refractivity contribution in [3.63, 3.8) is 0 Å². The molecule has 1 rings (SSSR count). The molecule has 0 saturated heterocycles. The van der Waals surface area contributed by atoms with E-state index in [1.54, 1.807) is 0 Å². The Hall–Kier alpha value is -0.450. The summed E-state index contributed by atoms with van der Waals surface area (Å²) in [5.41, 5.74) is 6.97. The third-order valence-electron chi connectivity index (χ3n) is 2.57. The van der Waals surface area contributed by atoms with Crippen LogP contribution in [-0.4, -0.2) is 23.0 Å². The number of halogens is 1. The lowest BCUT2D eigenvalue weighted by molar-refractivity contribution is 0.284. The van der Waals surface area contributed by atoms with Gasteiger partial charge < -0.3 is 5.73 Å². The molecule has 0 fully saturated rings. The molecule has 2 N–H and O–H groups in total. The lowest BCUT2D eigenvalue weighted by Crippen LogP contribution is -2.40. The number of hydrogen-bond donors (Lipinski definition) is 1. The van der Waals surface area contributed by atoms with E-state index in [1.165, 1.54) is 5.56 Å². The average Bonchev–Trinajstić information content (AvgIpc) is 2.17. The van der Waals surface area contributed by atoms with E-state index in [2.05, 4.69) is 39.9 Å². The van der Waals surface area contributed by atoms with Crippen LogP contribution in [0.1, 0.15) is 18.9 Å². The molecule has 0 aliphatic heterocycles. The van der Waals surface area contributed by atoms with Gasteiger partial charge in [-0.15, -0.1) is 0 Å². The fraction of sp³-hybridized carbons (Fsp3) is 0.417. The molecule has 1 atom stereocenters. The van der Waals surface area contributed by atoms with Gasteiger partial charge >= 0.3 is 0 Å². The first-order valence-electron chi connectivity index (χ1n) is 5.28. The molecule has 16 heavy (non-hydrogen) atoms. The van der Waals surface area contributed by atoms with E-state index < -0.39 is 0 Å². The van der Waals surface area contributed by atoms with Crippen LogP contribution < -0.4 is 5.73 Å². The smallest absolute Gasteiger partial charge is 0.0901 e. The molecule has 1 aromatic rings. The van der Waals surface area contributed by atoms with Gasteiger partial charge in [0.25, 0.3) is 0 Å². The summed E-state index contributed by atoms with van der Waals surface area (Å²) in [5.74, 6) is 0. The van der Waals surface area contributed by atoms with Crippen LogP contribution in [0.2, 0.25) is 0 Å². The van der Waals surface area contributed by atoms with Crippen molar-refractivity contribution in [1.29, 1.82) is 0 Å². The van der Waals surface area contributed by atoms with Gasteiger partial charge in [0, 0.05) is 11.0 Å². The molecule has 1 unspecified atom stereocenters. The molecule has 0 aliphatic rings. The lowest BCUT2D eigenvalue weighted by atomic mass is 10.1. The number of benzene rings is 1. The number of rotatable bonds is 5. The zero-order chi connectivity index (χ0) is 12.1. The molecule has 4 heteroatoms. The van der Waals surface area contributed by atoms with Gasteiger partial charge in [-0.1, -0.05) is 47.2 Å². The molecular formula is C12H17BrN2S. The van der Waals surface area contributed by atoms with E-state index in [0.717, 1.165) is 17.4 Å². The van der Waals surface area contributed by atoms with Crippen LogP contribution in [0.25, 0.3) is 0 Å². The molecule has 2 nitrogen and oxygen atoms in total. The summed E-state index contributed by atoms with van der Waals surface area (Å²) in [6.45, 7) is 2.95. The predicted molar refractivity (Wildman–Crippen MR) is 76.5 cm³/mol. The van der Waals surface area contributed by atoms with Gasteiger partial charge in [0.2, 0.25) is 0 Å². The van der Waals surface area contributed by atoms with Gasteiger partial charge in [-0.3, -0.25) is 4.90 Å². The van der Waals surface area contributed by atoms with Crippen molar-refractivity contribution < 1.29 is 0 Å². The maximum absolute atomic E-state index is 5.71. The summed E-state index contributed by atoms with van der Waals surface area (Å²) in [5, 5.41) is 0. The van der Waals surface area contributed by atoms with Crippen molar-refractivity contribution in [3.05, 3.63) is 34.3 Å².